The Morgan fingerprint density at radius 3 is 2.52 bits per heavy atom. The van der Waals surface area contributed by atoms with E-state index in [1.165, 1.54) is 18.2 Å². The van der Waals surface area contributed by atoms with Crippen LogP contribution in [0.15, 0.2) is 48.5 Å². The summed E-state index contributed by atoms with van der Waals surface area (Å²) in [6.45, 7) is 1.08. The van der Waals surface area contributed by atoms with Crippen LogP contribution in [0.4, 0.5) is 4.39 Å². The van der Waals surface area contributed by atoms with E-state index in [0.29, 0.717) is 42.8 Å². The molecule has 1 fully saturated rings. The molecule has 4 nitrogen and oxygen atoms in total. The van der Waals surface area contributed by atoms with Gasteiger partial charge < -0.3 is 9.64 Å². The van der Waals surface area contributed by atoms with E-state index in [4.69, 9.17) is 4.74 Å². The van der Waals surface area contributed by atoms with Gasteiger partial charge in [-0.25, -0.2) is 4.39 Å². The standard InChI is InChI=1S/C20H18FNO3/c21-15-6-7-18-16(12-15)17(23)13-20(25-18)8-10-22(11-9-20)19(24)14-4-2-1-3-5-14/h1-7,12H,8-11,13H2. The van der Waals surface area contributed by atoms with Crippen LogP contribution < -0.4 is 4.74 Å². The predicted octanol–water partition coefficient (Wildman–Crippen LogP) is 3.47. The summed E-state index contributed by atoms with van der Waals surface area (Å²) in [7, 11) is 0. The first kappa shape index (κ1) is 15.8. The van der Waals surface area contributed by atoms with E-state index >= 15 is 0 Å². The second-order valence-corrected chi connectivity index (χ2v) is 6.68. The topological polar surface area (TPSA) is 46.6 Å². The Morgan fingerprint density at radius 2 is 1.80 bits per heavy atom. The van der Waals surface area contributed by atoms with Gasteiger partial charge in [0.2, 0.25) is 0 Å². The number of rotatable bonds is 1. The van der Waals surface area contributed by atoms with Crippen LogP contribution in [-0.2, 0) is 0 Å². The van der Waals surface area contributed by atoms with Crippen LogP contribution in [0.5, 0.6) is 5.75 Å². The number of amides is 1. The van der Waals surface area contributed by atoms with Gasteiger partial charge in [0.15, 0.2) is 5.78 Å². The SMILES string of the molecule is O=C1CC2(CCN(C(=O)c3ccccc3)CC2)Oc2ccc(F)cc21. The first-order chi connectivity index (χ1) is 12.1. The lowest BCUT2D eigenvalue weighted by Crippen LogP contribution is -2.52. The van der Waals surface area contributed by atoms with Gasteiger partial charge in [0, 0.05) is 31.5 Å². The number of ketones is 1. The van der Waals surface area contributed by atoms with Gasteiger partial charge >= 0.3 is 0 Å². The molecule has 0 saturated carbocycles. The van der Waals surface area contributed by atoms with E-state index in [2.05, 4.69) is 0 Å². The second kappa shape index (κ2) is 5.99. The number of likely N-dealkylation sites (tertiary alicyclic amines) is 1. The predicted molar refractivity (Wildman–Crippen MR) is 90.3 cm³/mol. The molecule has 0 bridgehead atoms. The fourth-order valence-corrected chi connectivity index (χ4v) is 3.63. The summed E-state index contributed by atoms with van der Waals surface area (Å²) >= 11 is 0. The Hall–Kier alpha value is -2.69. The highest BCUT2D eigenvalue weighted by molar-refractivity contribution is 6.00. The fraction of sp³-hybridized carbons (Fsp3) is 0.300. The van der Waals surface area contributed by atoms with E-state index in [9.17, 15) is 14.0 Å². The van der Waals surface area contributed by atoms with Crippen LogP contribution in [0.25, 0.3) is 0 Å². The molecule has 0 N–H and O–H groups in total. The third-order valence-corrected chi connectivity index (χ3v) is 5.03. The minimum atomic E-state index is -0.588. The average molecular weight is 339 g/mol. The molecule has 0 unspecified atom stereocenters. The van der Waals surface area contributed by atoms with Crippen molar-refractivity contribution in [2.45, 2.75) is 24.9 Å². The van der Waals surface area contributed by atoms with Crippen LogP contribution in [0, 0.1) is 5.82 Å². The maximum absolute atomic E-state index is 13.4. The molecule has 25 heavy (non-hydrogen) atoms. The lowest BCUT2D eigenvalue weighted by molar-refractivity contribution is -0.00580. The number of fused-ring (bicyclic) bond motifs is 1. The summed E-state index contributed by atoms with van der Waals surface area (Å²) in [5.74, 6) is -0.0842. The first-order valence-electron chi connectivity index (χ1n) is 8.42. The molecule has 0 aliphatic carbocycles. The molecular weight excluding hydrogens is 321 g/mol. The number of ether oxygens (including phenoxy) is 1. The van der Waals surface area contributed by atoms with Crippen molar-refractivity contribution >= 4 is 11.7 Å². The van der Waals surface area contributed by atoms with Crippen molar-refractivity contribution in [2.75, 3.05) is 13.1 Å². The summed E-state index contributed by atoms with van der Waals surface area (Å²) in [6, 6.07) is 13.2. The largest absolute Gasteiger partial charge is 0.486 e. The molecule has 0 radical (unpaired) electrons. The van der Waals surface area contributed by atoms with Crippen molar-refractivity contribution in [3.8, 4) is 5.75 Å². The van der Waals surface area contributed by atoms with Crippen LogP contribution >= 0.6 is 0 Å². The summed E-state index contributed by atoms with van der Waals surface area (Å²) in [4.78, 5) is 26.8. The third-order valence-electron chi connectivity index (χ3n) is 5.03. The van der Waals surface area contributed by atoms with E-state index in [0.717, 1.165) is 0 Å². The molecule has 1 spiro atoms. The van der Waals surface area contributed by atoms with Crippen molar-refractivity contribution in [3.63, 3.8) is 0 Å². The van der Waals surface area contributed by atoms with Crippen molar-refractivity contribution in [1.82, 2.24) is 4.90 Å². The number of Topliss-reactive ketones (excluding diaryl/α,β-unsaturated/α-hetero) is 1. The average Bonchev–Trinajstić information content (AvgIpc) is 2.63. The maximum Gasteiger partial charge on any atom is 0.253 e. The highest BCUT2D eigenvalue weighted by Gasteiger charge is 2.43. The highest BCUT2D eigenvalue weighted by Crippen LogP contribution is 2.39. The van der Waals surface area contributed by atoms with Gasteiger partial charge in [-0.1, -0.05) is 18.2 Å². The number of hydrogen-bond acceptors (Lipinski definition) is 3. The monoisotopic (exact) mass is 339 g/mol. The van der Waals surface area contributed by atoms with Crippen LogP contribution in [0.3, 0.4) is 0 Å². The van der Waals surface area contributed by atoms with Gasteiger partial charge in [0.1, 0.15) is 17.2 Å². The normalized spacial score (nSPS) is 18.6. The zero-order valence-electron chi connectivity index (χ0n) is 13.7. The summed E-state index contributed by atoms with van der Waals surface area (Å²) in [6.07, 6.45) is 1.42. The third kappa shape index (κ3) is 2.90. The Balaban J connectivity index is 1.49. The van der Waals surface area contributed by atoms with Gasteiger partial charge in [-0.15, -0.1) is 0 Å². The molecule has 0 aromatic heterocycles. The van der Waals surface area contributed by atoms with Gasteiger partial charge in [-0.2, -0.15) is 0 Å². The van der Waals surface area contributed by atoms with Crippen molar-refractivity contribution in [2.24, 2.45) is 0 Å². The molecular formula is C20H18FNO3. The molecule has 0 atom stereocenters. The molecule has 2 aliphatic heterocycles. The van der Waals surface area contributed by atoms with E-state index in [-0.39, 0.29) is 18.1 Å². The number of nitrogens with zero attached hydrogens (tertiary/aromatic N) is 1. The van der Waals surface area contributed by atoms with Gasteiger partial charge in [-0.3, -0.25) is 9.59 Å². The van der Waals surface area contributed by atoms with Crippen molar-refractivity contribution in [3.05, 3.63) is 65.5 Å². The lowest BCUT2D eigenvalue weighted by atomic mass is 9.82. The van der Waals surface area contributed by atoms with E-state index in [1.807, 2.05) is 18.2 Å². The van der Waals surface area contributed by atoms with Crippen LogP contribution in [0.2, 0.25) is 0 Å². The van der Waals surface area contributed by atoms with Gasteiger partial charge in [-0.05, 0) is 30.3 Å². The number of halogens is 1. The minimum Gasteiger partial charge on any atom is -0.486 e. The number of carbonyl (C=O) groups excluding carboxylic acids is 2. The molecule has 2 aromatic rings. The molecule has 1 saturated heterocycles. The van der Waals surface area contributed by atoms with E-state index < -0.39 is 11.4 Å². The molecule has 1 amide bonds. The highest BCUT2D eigenvalue weighted by atomic mass is 19.1. The summed E-state index contributed by atoms with van der Waals surface area (Å²) in [5, 5.41) is 0. The van der Waals surface area contributed by atoms with E-state index in [1.54, 1.807) is 17.0 Å². The minimum absolute atomic E-state index is 0.0000529. The number of hydrogen-bond donors (Lipinski definition) is 0. The molecule has 5 heteroatoms. The quantitative estimate of drug-likeness (QED) is 0.799. The molecule has 128 valence electrons. The first-order valence-corrected chi connectivity index (χ1v) is 8.42. The zero-order chi connectivity index (χ0) is 17.4. The Labute approximate surface area is 145 Å². The Morgan fingerprint density at radius 1 is 1.08 bits per heavy atom. The molecule has 4 rings (SSSR count). The van der Waals surface area contributed by atoms with Crippen LogP contribution in [-0.4, -0.2) is 35.3 Å². The molecule has 2 aliphatic rings. The summed E-state index contributed by atoms with van der Waals surface area (Å²) in [5.41, 5.74) is 0.392. The Kier molecular flexibility index (Phi) is 3.79. The van der Waals surface area contributed by atoms with Gasteiger partial charge in [0.25, 0.3) is 5.91 Å². The van der Waals surface area contributed by atoms with Crippen molar-refractivity contribution < 1.29 is 18.7 Å². The maximum atomic E-state index is 13.4. The second-order valence-electron chi connectivity index (χ2n) is 6.68. The fourth-order valence-electron chi connectivity index (χ4n) is 3.63. The van der Waals surface area contributed by atoms with Gasteiger partial charge in [0.05, 0.1) is 12.0 Å². The van der Waals surface area contributed by atoms with Crippen LogP contribution in [0.1, 0.15) is 40.0 Å². The van der Waals surface area contributed by atoms with Crippen molar-refractivity contribution in [1.29, 1.82) is 0 Å². The zero-order valence-corrected chi connectivity index (χ0v) is 13.7. The number of benzene rings is 2. The smallest absolute Gasteiger partial charge is 0.253 e. The molecule has 2 heterocycles. The summed E-state index contributed by atoms with van der Waals surface area (Å²) < 4.78 is 19.4. The molecule has 2 aromatic carbocycles. The lowest BCUT2D eigenvalue weighted by Gasteiger charge is -2.44. The number of carbonyl (C=O) groups is 2. The Bertz CT molecular complexity index is 826. The number of piperidine rings is 1.